The smallest absolute Gasteiger partial charge is 0.326 e. The number of nitrogens with zero attached hydrogens (tertiary/aromatic N) is 4. The summed E-state index contributed by atoms with van der Waals surface area (Å²) in [6.45, 7) is -0.740. The van der Waals surface area contributed by atoms with E-state index in [1.165, 1.54) is 12.7 Å². The first-order valence-electron chi connectivity index (χ1n) is 13.9. The molecule has 0 bridgehead atoms. The van der Waals surface area contributed by atoms with Gasteiger partial charge in [-0.05, 0) is 43.4 Å². The van der Waals surface area contributed by atoms with E-state index in [4.69, 9.17) is 30.3 Å². The summed E-state index contributed by atoms with van der Waals surface area (Å²) in [5, 5.41) is 2.75. The summed E-state index contributed by atoms with van der Waals surface area (Å²) in [7, 11) is 0. The number of hydrogen-bond acceptors (Lipinski definition) is 9. The summed E-state index contributed by atoms with van der Waals surface area (Å²) in [6.07, 6.45) is 0.652. The van der Waals surface area contributed by atoms with Crippen LogP contribution in [0, 0.1) is 5.92 Å². The molecule has 0 spiro atoms. The SMILES string of the molecule is CCOP(=S)(OCC)C(F)(F)[C@H]1C[C@H](n2cnc3c(NC(=O)c4ccccc4)ncnc32)O[C@@H]1COCc1ccccc1. The second-order valence-electron chi connectivity index (χ2n) is 9.76. The minimum absolute atomic E-state index is 0.0143. The minimum Gasteiger partial charge on any atom is -0.374 e. The third-order valence-corrected chi connectivity index (χ3v) is 10.6. The van der Waals surface area contributed by atoms with Gasteiger partial charge in [-0.25, -0.2) is 15.0 Å². The van der Waals surface area contributed by atoms with Crippen LogP contribution in [0.2, 0.25) is 0 Å². The second-order valence-corrected chi connectivity index (χ2v) is 13.3. The number of fused-ring (bicyclic) bond motifs is 1. The van der Waals surface area contributed by atoms with Crippen LogP contribution in [0.1, 0.15) is 42.4 Å². The number of imidazole rings is 1. The third-order valence-electron chi connectivity index (χ3n) is 6.98. The van der Waals surface area contributed by atoms with Gasteiger partial charge < -0.3 is 23.8 Å². The molecule has 0 saturated carbocycles. The number of alkyl halides is 2. The maximum atomic E-state index is 16.3. The van der Waals surface area contributed by atoms with Crippen molar-refractivity contribution in [3.63, 3.8) is 0 Å². The van der Waals surface area contributed by atoms with Crippen molar-refractivity contribution in [2.45, 2.75) is 44.9 Å². The van der Waals surface area contributed by atoms with E-state index in [1.54, 1.807) is 48.7 Å². The number of hydrogen-bond donors (Lipinski definition) is 1. The number of ether oxygens (including phenoxy) is 2. The molecule has 3 heterocycles. The number of amides is 1. The van der Waals surface area contributed by atoms with Crippen LogP contribution in [0.3, 0.4) is 0 Å². The summed E-state index contributed by atoms with van der Waals surface area (Å²) < 4.78 is 57.1. The van der Waals surface area contributed by atoms with Crippen molar-refractivity contribution in [3.8, 4) is 0 Å². The van der Waals surface area contributed by atoms with Gasteiger partial charge in [-0.3, -0.25) is 9.36 Å². The first kappa shape index (κ1) is 31.2. The first-order valence-corrected chi connectivity index (χ1v) is 16.5. The third kappa shape index (κ3) is 6.67. The molecular formula is C29H32F2N5O5PS. The number of aromatic nitrogens is 4. The molecule has 0 unspecified atom stereocenters. The van der Waals surface area contributed by atoms with E-state index in [0.29, 0.717) is 11.2 Å². The largest absolute Gasteiger partial charge is 0.374 e. The van der Waals surface area contributed by atoms with Gasteiger partial charge in [-0.2, -0.15) is 8.78 Å². The Bertz CT molecular complexity index is 1570. The van der Waals surface area contributed by atoms with Gasteiger partial charge in [0, 0.05) is 12.0 Å². The number of rotatable bonds is 13. The predicted octanol–water partition coefficient (Wildman–Crippen LogP) is 6.17. The van der Waals surface area contributed by atoms with E-state index in [-0.39, 0.29) is 50.1 Å². The minimum atomic E-state index is -4.04. The average molecular weight is 632 g/mol. The maximum absolute atomic E-state index is 16.3. The maximum Gasteiger partial charge on any atom is 0.326 e. The number of anilines is 1. The molecule has 1 saturated heterocycles. The molecule has 228 valence electrons. The molecule has 1 aliphatic heterocycles. The van der Waals surface area contributed by atoms with Crippen molar-refractivity contribution in [1.82, 2.24) is 19.5 Å². The summed E-state index contributed by atoms with van der Waals surface area (Å²) >= 11 is 5.37. The van der Waals surface area contributed by atoms with Gasteiger partial charge >= 0.3 is 5.66 Å². The summed E-state index contributed by atoms with van der Waals surface area (Å²) in [4.78, 5) is 25.7. The molecule has 2 aromatic carbocycles. The van der Waals surface area contributed by atoms with Gasteiger partial charge in [0.05, 0.1) is 44.8 Å². The lowest BCUT2D eigenvalue weighted by Crippen LogP contribution is -2.37. The van der Waals surface area contributed by atoms with Crippen LogP contribution < -0.4 is 5.32 Å². The molecule has 10 nitrogen and oxygen atoms in total. The molecule has 4 aromatic rings. The molecule has 3 atom stereocenters. The molecule has 1 amide bonds. The Hall–Kier alpha value is -3.19. The molecule has 0 radical (unpaired) electrons. The molecule has 14 heteroatoms. The van der Waals surface area contributed by atoms with Crippen molar-refractivity contribution < 1.29 is 32.1 Å². The Morgan fingerprint density at radius 3 is 2.42 bits per heavy atom. The van der Waals surface area contributed by atoms with Gasteiger partial charge in [0.15, 0.2) is 17.0 Å². The highest BCUT2D eigenvalue weighted by Gasteiger charge is 2.60. The van der Waals surface area contributed by atoms with E-state index in [1.807, 2.05) is 30.3 Å². The number of nitrogens with one attached hydrogen (secondary N) is 1. The van der Waals surface area contributed by atoms with Gasteiger partial charge in [-0.1, -0.05) is 48.5 Å². The second kappa shape index (κ2) is 13.6. The summed E-state index contributed by atoms with van der Waals surface area (Å²) in [5.74, 6) is -1.57. The van der Waals surface area contributed by atoms with Gasteiger partial charge in [0.2, 0.25) is 0 Å². The lowest BCUT2D eigenvalue weighted by molar-refractivity contribution is -0.0835. The lowest BCUT2D eigenvalue weighted by atomic mass is 10.0. The Morgan fingerprint density at radius 2 is 1.74 bits per heavy atom. The monoisotopic (exact) mass is 631 g/mol. The molecule has 1 fully saturated rings. The zero-order chi connectivity index (χ0) is 30.5. The van der Waals surface area contributed by atoms with Crippen LogP contribution in [0.5, 0.6) is 0 Å². The first-order chi connectivity index (χ1) is 20.8. The topological polar surface area (TPSA) is 110 Å². The predicted molar refractivity (Wildman–Crippen MR) is 160 cm³/mol. The molecule has 1 aliphatic rings. The summed E-state index contributed by atoms with van der Waals surface area (Å²) in [6, 6.07) is 18.1. The Balaban J connectivity index is 1.42. The van der Waals surface area contributed by atoms with Crippen molar-refractivity contribution in [2.24, 2.45) is 5.92 Å². The number of halogens is 2. The van der Waals surface area contributed by atoms with E-state index in [2.05, 4.69) is 20.3 Å². The fourth-order valence-electron chi connectivity index (χ4n) is 4.96. The van der Waals surface area contributed by atoms with Crippen LogP contribution in [-0.2, 0) is 36.9 Å². The van der Waals surface area contributed by atoms with Crippen LogP contribution >= 0.6 is 6.49 Å². The fraction of sp³-hybridized carbons (Fsp3) is 0.379. The van der Waals surface area contributed by atoms with E-state index in [9.17, 15) is 4.79 Å². The van der Waals surface area contributed by atoms with Crippen molar-refractivity contribution in [3.05, 3.63) is 84.4 Å². The van der Waals surface area contributed by atoms with Crippen LogP contribution in [0.4, 0.5) is 14.6 Å². The highest BCUT2D eigenvalue weighted by molar-refractivity contribution is 8.10. The molecular weight excluding hydrogens is 599 g/mol. The molecule has 5 rings (SSSR count). The zero-order valence-corrected chi connectivity index (χ0v) is 25.3. The van der Waals surface area contributed by atoms with E-state index >= 15 is 8.78 Å². The van der Waals surface area contributed by atoms with Crippen molar-refractivity contribution in [2.75, 3.05) is 25.1 Å². The standard InChI is InChI=1S/C29H32F2N5O5PS/c1-3-39-42(43,40-4-2)29(30,31)22-15-24(41-23(22)17-38-16-20-11-7-5-8-12-20)36-19-34-25-26(32-18-33-27(25)36)35-28(37)21-13-9-6-10-14-21/h5-14,18-19,22-24H,3-4,15-17H2,1-2H3,(H,32,33,35,37)/t22-,23+,24+/m0/s1. The van der Waals surface area contributed by atoms with Crippen LogP contribution in [0.15, 0.2) is 73.3 Å². The Morgan fingerprint density at radius 1 is 1.07 bits per heavy atom. The van der Waals surface area contributed by atoms with Crippen molar-refractivity contribution >= 4 is 41.2 Å². The van der Waals surface area contributed by atoms with Gasteiger partial charge in [-0.15, -0.1) is 0 Å². The Kier molecular flexibility index (Phi) is 9.90. The van der Waals surface area contributed by atoms with Gasteiger partial charge in [0.1, 0.15) is 12.6 Å². The highest BCUT2D eigenvalue weighted by atomic mass is 32.5. The lowest BCUT2D eigenvalue weighted by Gasteiger charge is -2.34. The summed E-state index contributed by atoms with van der Waals surface area (Å²) in [5.41, 5.74) is -1.59. The molecule has 1 N–H and O–H groups in total. The molecule has 43 heavy (non-hydrogen) atoms. The van der Waals surface area contributed by atoms with E-state index in [0.717, 1.165) is 5.56 Å². The zero-order valence-electron chi connectivity index (χ0n) is 23.6. The molecule has 2 aromatic heterocycles. The normalized spacial score (nSPS) is 19.1. The Labute approximate surface area is 252 Å². The quantitative estimate of drug-likeness (QED) is 0.173. The van der Waals surface area contributed by atoms with Gasteiger partial charge in [0.25, 0.3) is 12.4 Å². The van der Waals surface area contributed by atoms with Crippen molar-refractivity contribution in [1.29, 1.82) is 0 Å². The average Bonchev–Trinajstić information content (AvgIpc) is 3.64. The number of carbonyl (C=O) groups is 1. The van der Waals surface area contributed by atoms with Crippen LogP contribution in [0.25, 0.3) is 11.2 Å². The molecule has 0 aliphatic carbocycles. The van der Waals surface area contributed by atoms with Crippen LogP contribution in [-0.4, -0.2) is 57.0 Å². The number of carbonyl (C=O) groups excluding carboxylic acids is 1. The highest BCUT2D eigenvalue weighted by Crippen LogP contribution is 2.67. The number of benzene rings is 2. The van der Waals surface area contributed by atoms with E-state index < -0.39 is 30.4 Å². The fourth-order valence-corrected chi connectivity index (χ4v) is 7.78.